The van der Waals surface area contributed by atoms with Crippen LogP contribution in [0.1, 0.15) is 11.4 Å². The van der Waals surface area contributed by atoms with Crippen LogP contribution in [0.3, 0.4) is 0 Å². The second-order valence-corrected chi connectivity index (χ2v) is 7.46. The van der Waals surface area contributed by atoms with E-state index in [1.165, 1.54) is 0 Å². The molecule has 0 saturated heterocycles. The number of hydrogen-bond donors (Lipinski definition) is 1. The van der Waals surface area contributed by atoms with Crippen molar-refractivity contribution in [2.45, 2.75) is 12.8 Å². The lowest BCUT2D eigenvalue weighted by Crippen LogP contribution is -2.30. The van der Waals surface area contributed by atoms with E-state index >= 15 is 0 Å². The summed E-state index contributed by atoms with van der Waals surface area (Å²) in [5, 5.41) is 5.72. The number of methoxy groups -OCH3 is 1. The first-order chi connectivity index (χ1) is 14.5. The van der Waals surface area contributed by atoms with Gasteiger partial charge in [-0.15, -0.1) is 0 Å². The molecule has 1 amide bonds. The molecule has 4 rings (SSSR count). The number of carbonyl (C=O) groups is 1. The van der Waals surface area contributed by atoms with Crippen molar-refractivity contribution in [3.8, 4) is 17.3 Å². The Kier molecular flexibility index (Phi) is 5.72. The minimum Gasteiger partial charge on any atom is -0.497 e. The second-order valence-electron chi connectivity index (χ2n) is 7.02. The summed E-state index contributed by atoms with van der Waals surface area (Å²) in [5.41, 5.74) is 2.59. The molecule has 2 aromatic carbocycles. The first-order valence-corrected chi connectivity index (χ1v) is 9.88. The number of rotatable bonds is 7. The molecule has 4 aromatic rings. The Morgan fingerprint density at radius 3 is 2.77 bits per heavy atom. The van der Waals surface area contributed by atoms with E-state index in [0.29, 0.717) is 36.1 Å². The summed E-state index contributed by atoms with van der Waals surface area (Å²) in [5.74, 6) is 1.75. The molecule has 2 heterocycles. The summed E-state index contributed by atoms with van der Waals surface area (Å²) in [4.78, 5) is 21.8. The van der Waals surface area contributed by atoms with E-state index < -0.39 is 0 Å². The fourth-order valence-electron chi connectivity index (χ4n) is 3.12. The highest BCUT2D eigenvalue weighted by Crippen LogP contribution is 2.26. The van der Waals surface area contributed by atoms with Crippen LogP contribution in [0.4, 0.5) is 0 Å². The summed E-state index contributed by atoms with van der Waals surface area (Å²) in [7, 11) is 3.40. The molecule has 154 valence electrons. The van der Waals surface area contributed by atoms with Gasteiger partial charge in [-0.1, -0.05) is 28.9 Å². The van der Waals surface area contributed by atoms with E-state index in [9.17, 15) is 4.79 Å². The Morgan fingerprint density at radius 1 is 1.20 bits per heavy atom. The molecule has 7 nitrogen and oxygen atoms in total. The quantitative estimate of drug-likeness (QED) is 0.482. The van der Waals surface area contributed by atoms with Crippen LogP contribution in [-0.2, 0) is 17.6 Å². The second kappa shape index (κ2) is 8.59. The highest BCUT2D eigenvalue weighted by molar-refractivity contribution is 6.30. The number of amides is 1. The average Bonchev–Trinajstić information content (AvgIpc) is 3.39. The number of benzene rings is 2. The van der Waals surface area contributed by atoms with Gasteiger partial charge >= 0.3 is 0 Å². The van der Waals surface area contributed by atoms with Gasteiger partial charge in [0.2, 0.25) is 5.91 Å². The molecule has 0 atom stereocenters. The van der Waals surface area contributed by atoms with Gasteiger partial charge < -0.3 is 19.1 Å². The fourth-order valence-corrected chi connectivity index (χ4v) is 3.24. The van der Waals surface area contributed by atoms with Gasteiger partial charge in [-0.2, -0.15) is 4.98 Å². The van der Waals surface area contributed by atoms with Gasteiger partial charge in [0, 0.05) is 42.0 Å². The zero-order valence-corrected chi connectivity index (χ0v) is 17.4. The summed E-state index contributed by atoms with van der Waals surface area (Å²) in [6.07, 6.45) is 0.824. The smallest absolute Gasteiger partial charge is 0.274 e. The Balaban J connectivity index is 1.37. The fraction of sp³-hybridized carbons (Fsp3) is 0.227. The number of halogens is 1. The lowest BCUT2D eigenvalue weighted by Gasteiger charge is -2.16. The Bertz CT molecular complexity index is 1170. The number of ether oxygens (including phenoxy) is 1. The third-order valence-electron chi connectivity index (χ3n) is 4.89. The van der Waals surface area contributed by atoms with Crippen molar-refractivity contribution >= 4 is 28.4 Å². The van der Waals surface area contributed by atoms with E-state index in [1.54, 1.807) is 31.2 Å². The Morgan fingerprint density at radius 2 is 2.00 bits per heavy atom. The molecular weight excluding hydrogens is 404 g/mol. The largest absolute Gasteiger partial charge is 0.497 e. The van der Waals surface area contributed by atoms with Crippen molar-refractivity contribution in [3.05, 3.63) is 64.9 Å². The molecule has 0 radical (unpaired) electrons. The molecule has 0 spiro atoms. The molecule has 0 fully saturated rings. The Labute approximate surface area is 178 Å². The average molecular weight is 425 g/mol. The van der Waals surface area contributed by atoms with Crippen molar-refractivity contribution < 1.29 is 14.1 Å². The van der Waals surface area contributed by atoms with Gasteiger partial charge in [0.15, 0.2) is 5.82 Å². The van der Waals surface area contributed by atoms with Crippen LogP contribution in [0.15, 0.2) is 53.1 Å². The van der Waals surface area contributed by atoms with Gasteiger partial charge in [0.05, 0.1) is 13.5 Å². The number of hydrogen-bond acceptors (Lipinski definition) is 5. The van der Waals surface area contributed by atoms with Crippen LogP contribution < -0.4 is 4.74 Å². The molecule has 0 aliphatic heterocycles. The van der Waals surface area contributed by atoms with Crippen LogP contribution in [0, 0.1) is 0 Å². The number of aromatic amines is 1. The van der Waals surface area contributed by atoms with Gasteiger partial charge in [-0.25, -0.2) is 0 Å². The minimum absolute atomic E-state index is 0.0191. The molecule has 0 aliphatic rings. The molecule has 8 heteroatoms. The van der Waals surface area contributed by atoms with Gasteiger partial charge in [0.25, 0.3) is 5.89 Å². The van der Waals surface area contributed by atoms with E-state index in [0.717, 1.165) is 27.9 Å². The number of H-pyrrole nitrogens is 1. The first kappa shape index (κ1) is 20.0. The number of likely N-dealkylation sites (N-methyl/N-ethyl adjacent to an activating group) is 1. The third kappa shape index (κ3) is 4.46. The third-order valence-corrected chi connectivity index (χ3v) is 5.15. The number of fused-ring (bicyclic) bond motifs is 1. The molecule has 0 saturated carbocycles. The molecule has 1 N–H and O–H groups in total. The molecule has 2 aromatic heterocycles. The molecule has 0 aliphatic carbocycles. The van der Waals surface area contributed by atoms with Crippen LogP contribution in [0.2, 0.25) is 5.02 Å². The first-order valence-electron chi connectivity index (χ1n) is 9.50. The van der Waals surface area contributed by atoms with Crippen molar-refractivity contribution in [2.75, 3.05) is 20.7 Å². The van der Waals surface area contributed by atoms with Crippen molar-refractivity contribution in [1.82, 2.24) is 20.0 Å². The van der Waals surface area contributed by atoms with Crippen LogP contribution in [-0.4, -0.2) is 46.6 Å². The topological polar surface area (TPSA) is 84.2 Å². The summed E-state index contributed by atoms with van der Waals surface area (Å²) in [6, 6.07) is 15.0. The van der Waals surface area contributed by atoms with Crippen molar-refractivity contribution in [1.29, 1.82) is 0 Å². The van der Waals surface area contributed by atoms with E-state index in [2.05, 4.69) is 15.1 Å². The van der Waals surface area contributed by atoms with Crippen LogP contribution >= 0.6 is 11.6 Å². The van der Waals surface area contributed by atoms with E-state index in [4.69, 9.17) is 20.9 Å². The van der Waals surface area contributed by atoms with Gasteiger partial charge in [0.1, 0.15) is 11.4 Å². The van der Waals surface area contributed by atoms with Crippen molar-refractivity contribution in [2.24, 2.45) is 0 Å². The monoisotopic (exact) mass is 424 g/mol. The molecule has 0 unspecified atom stereocenters. The van der Waals surface area contributed by atoms with Gasteiger partial charge in [-0.3, -0.25) is 4.79 Å². The predicted octanol–water partition coefficient (Wildman–Crippen LogP) is 4.12. The number of carbonyl (C=O) groups excluding carboxylic acids is 1. The molecular formula is C22H21ClN4O3. The standard InChI is InChI=1S/C22H21ClN4O3/c1-27(21(28)11-14-3-6-16(23)7-4-14)10-9-20-25-22(30-26-20)19-12-15-5-8-17(29-2)13-18(15)24-19/h3-8,12-13,24H,9-11H2,1-2H3. The van der Waals surface area contributed by atoms with Crippen LogP contribution in [0.5, 0.6) is 5.75 Å². The lowest BCUT2D eigenvalue weighted by molar-refractivity contribution is -0.129. The maximum atomic E-state index is 12.4. The highest BCUT2D eigenvalue weighted by atomic mass is 35.5. The van der Waals surface area contributed by atoms with Gasteiger partial charge in [-0.05, 0) is 35.9 Å². The highest BCUT2D eigenvalue weighted by Gasteiger charge is 2.14. The number of nitrogens with zero attached hydrogens (tertiary/aromatic N) is 3. The summed E-state index contributed by atoms with van der Waals surface area (Å²) in [6.45, 7) is 0.495. The summed E-state index contributed by atoms with van der Waals surface area (Å²) >= 11 is 5.89. The number of aromatic nitrogens is 3. The van der Waals surface area contributed by atoms with Crippen LogP contribution in [0.25, 0.3) is 22.5 Å². The van der Waals surface area contributed by atoms with E-state index in [-0.39, 0.29) is 5.91 Å². The molecule has 30 heavy (non-hydrogen) atoms. The minimum atomic E-state index is 0.0191. The predicted molar refractivity (Wildman–Crippen MR) is 115 cm³/mol. The SMILES string of the molecule is COc1ccc2cc(-c3nc(CCN(C)C(=O)Cc4ccc(Cl)cc4)no3)[nH]c2c1. The molecule has 0 bridgehead atoms. The van der Waals surface area contributed by atoms with Crippen molar-refractivity contribution in [3.63, 3.8) is 0 Å². The summed E-state index contributed by atoms with van der Waals surface area (Å²) < 4.78 is 10.6. The zero-order valence-electron chi connectivity index (χ0n) is 16.7. The zero-order chi connectivity index (χ0) is 21.1. The maximum Gasteiger partial charge on any atom is 0.274 e. The normalized spacial score (nSPS) is 11.0. The Hall–Kier alpha value is -3.32. The maximum absolute atomic E-state index is 12.4. The number of nitrogens with one attached hydrogen (secondary N) is 1. The van der Waals surface area contributed by atoms with E-state index in [1.807, 2.05) is 36.4 Å². The lowest BCUT2D eigenvalue weighted by atomic mass is 10.1.